The fraction of sp³-hybridized carbons (Fsp3) is 0.105. The van der Waals surface area contributed by atoms with Crippen LogP contribution in [-0.4, -0.2) is 27.0 Å². The number of hydrogen-bond donors (Lipinski definition) is 2. The third-order valence-corrected chi connectivity index (χ3v) is 4.36. The molecule has 2 N–H and O–H groups in total. The number of hydrogen-bond acceptors (Lipinski definition) is 6. The Bertz CT molecular complexity index is 1060. The summed E-state index contributed by atoms with van der Waals surface area (Å²) in [5.74, 6) is -1.86. The Hall–Kier alpha value is -3.59. The van der Waals surface area contributed by atoms with E-state index in [2.05, 4.69) is 5.32 Å². The highest BCUT2D eigenvalue weighted by atomic mass is 32.1. The standard InChI is InChI=1S/C19H15N3O5S/c1-10-5-11(2)7-13(6-10)21-18(25)14(17(24)20-19(21)28)8-12-3-4-16(23)15(9-12)22(26)27/h3-9,23H,1-2H3,(H,20,24,28)/b14-8+. The van der Waals surface area contributed by atoms with Crippen molar-refractivity contribution in [2.45, 2.75) is 13.8 Å². The second-order valence-electron chi connectivity index (χ2n) is 6.31. The van der Waals surface area contributed by atoms with E-state index in [0.717, 1.165) is 23.3 Å². The Morgan fingerprint density at radius 3 is 2.39 bits per heavy atom. The summed E-state index contributed by atoms with van der Waals surface area (Å²) >= 11 is 5.16. The van der Waals surface area contributed by atoms with Gasteiger partial charge in [-0.05, 0) is 67.0 Å². The van der Waals surface area contributed by atoms with Gasteiger partial charge in [-0.15, -0.1) is 0 Å². The average molecular weight is 397 g/mol. The van der Waals surface area contributed by atoms with Gasteiger partial charge in [-0.2, -0.15) is 0 Å². The minimum absolute atomic E-state index is 0.0474. The number of nitro benzene ring substituents is 1. The molecule has 1 heterocycles. The first kappa shape index (κ1) is 19.2. The molecule has 1 saturated heterocycles. The monoisotopic (exact) mass is 397 g/mol. The maximum atomic E-state index is 13.0. The fourth-order valence-corrected chi connectivity index (χ4v) is 3.20. The minimum Gasteiger partial charge on any atom is -0.502 e. The van der Waals surface area contributed by atoms with Gasteiger partial charge in [-0.1, -0.05) is 12.1 Å². The van der Waals surface area contributed by atoms with Gasteiger partial charge in [0, 0.05) is 6.07 Å². The second kappa shape index (κ2) is 7.20. The van der Waals surface area contributed by atoms with Crippen molar-refractivity contribution in [3.8, 4) is 5.75 Å². The number of phenolic OH excluding ortho intramolecular Hbond substituents is 1. The molecule has 0 bridgehead atoms. The fourth-order valence-electron chi connectivity index (χ4n) is 2.91. The van der Waals surface area contributed by atoms with Crippen LogP contribution in [0.25, 0.3) is 6.08 Å². The number of phenols is 1. The number of benzene rings is 2. The molecule has 1 aliphatic rings. The van der Waals surface area contributed by atoms with Crippen LogP contribution in [0.15, 0.2) is 42.0 Å². The van der Waals surface area contributed by atoms with Gasteiger partial charge in [0.25, 0.3) is 11.8 Å². The van der Waals surface area contributed by atoms with Crippen LogP contribution >= 0.6 is 12.2 Å². The van der Waals surface area contributed by atoms with Gasteiger partial charge in [0.05, 0.1) is 10.6 Å². The summed E-state index contributed by atoms with van der Waals surface area (Å²) < 4.78 is 0. The number of nitro groups is 1. The van der Waals surface area contributed by atoms with Gasteiger partial charge in [0.15, 0.2) is 10.9 Å². The molecule has 0 atom stereocenters. The molecule has 2 aromatic carbocycles. The van der Waals surface area contributed by atoms with Gasteiger partial charge in [-0.3, -0.25) is 29.9 Å². The Morgan fingerprint density at radius 1 is 1.14 bits per heavy atom. The van der Waals surface area contributed by atoms with Crippen molar-refractivity contribution in [3.05, 3.63) is 68.8 Å². The Morgan fingerprint density at radius 2 is 1.79 bits per heavy atom. The number of amides is 2. The Kier molecular flexibility index (Phi) is 4.93. The number of thiocarbonyl (C=S) groups is 1. The molecule has 142 valence electrons. The second-order valence-corrected chi connectivity index (χ2v) is 6.70. The average Bonchev–Trinajstić information content (AvgIpc) is 2.58. The summed E-state index contributed by atoms with van der Waals surface area (Å²) in [6.07, 6.45) is 1.22. The summed E-state index contributed by atoms with van der Waals surface area (Å²) in [6.45, 7) is 3.75. The molecule has 0 spiro atoms. The molecule has 0 aromatic heterocycles. The van der Waals surface area contributed by atoms with Crippen molar-refractivity contribution in [2.75, 3.05) is 4.90 Å². The number of carbonyl (C=O) groups is 2. The third kappa shape index (κ3) is 3.60. The number of aryl methyl sites for hydroxylation is 2. The van der Waals surface area contributed by atoms with Crippen LogP contribution in [0, 0.1) is 24.0 Å². The van der Waals surface area contributed by atoms with E-state index in [1.54, 1.807) is 12.1 Å². The van der Waals surface area contributed by atoms with Crippen LogP contribution in [0.5, 0.6) is 5.75 Å². The largest absolute Gasteiger partial charge is 0.502 e. The van der Waals surface area contributed by atoms with Crippen LogP contribution in [-0.2, 0) is 9.59 Å². The molecule has 2 aromatic rings. The van der Waals surface area contributed by atoms with Crippen molar-refractivity contribution in [2.24, 2.45) is 0 Å². The lowest BCUT2D eigenvalue weighted by atomic mass is 10.0. The highest BCUT2D eigenvalue weighted by molar-refractivity contribution is 7.80. The van der Waals surface area contributed by atoms with Crippen molar-refractivity contribution in [1.29, 1.82) is 0 Å². The summed E-state index contributed by atoms with van der Waals surface area (Å²) in [4.78, 5) is 36.7. The zero-order valence-electron chi connectivity index (χ0n) is 14.9. The number of carbonyl (C=O) groups excluding carboxylic acids is 2. The van der Waals surface area contributed by atoms with Gasteiger partial charge < -0.3 is 5.11 Å². The summed E-state index contributed by atoms with van der Waals surface area (Å²) in [5.41, 5.74) is 1.81. The maximum Gasteiger partial charge on any atom is 0.311 e. The van der Waals surface area contributed by atoms with Gasteiger partial charge in [0.2, 0.25) is 0 Å². The van der Waals surface area contributed by atoms with Crippen LogP contribution in [0.4, 0.5) is 11.4 Å². The molecule has 1 fully saturated rings. The number of nitrogens with zero attached hydrogens (tertiary/aromatic N) is 2. The van der Waals surface area contributed by atoms with Crippen LogP contribution in [0.2, 0.25) is 0 Å². The molecular formula is C19H15N3O5S. The molecule has 8 nitrogen and oxygen atoms in total. The normalized spacial score (nSPS) is 15.7. The first-order valence-electron chi connectivity index (χ1n) is 8.14. The lowest BCUT2D eigenvalue weighted by molar-refractivity contribution is -0.385. The molecule has 3 rings (SSSR count). The predicted molar refractivity (Wildman–Crippen MR) is 107 cm³/mol. The van der Waals surface area contributed by atoms with Crippen LogP contribution in [0.1, 0.15) is 16.7 Å². The summed E-state index contributed by atoms with van der Waals surface area (Å²) in [5, 5.41) is 23.0. The Labute approximate surface area is 165 Å². The van der Waals surface area contributed by atoms with E-state index in [-0.39, 0.29) is 16.2 Å². The van der Waals surface area contributed by atoms with E-state index >= 15 is 0 Å². The molecule has 28 heavy (non-hydrogen) atoms. The third-order valence-electron chi connectivity index (χ3n) is 4.07. The first-order chi connectivity index (χ1) is 13.2. The number of rotatable bonds is 3. The van der Waals surface area contributed by atoms with E-state index in [4.69, 9.17) is 12.2 Å². The highest BCUT2D eigenvalue weighted by Crippen LogP contribution is 2.29. The van der Waals surface area contributed by atoms with Crippen LogP contribution < -0.4 is 10.2 Å². The lowest BCUT2D eigenvalue weighted by Gasteiger charge is -2.29. The van der Waals surface area contributed by atoms with Gasteiger partial charge >= 0.3 is 5.69 Å². The van der Waals surface area contributed by atoms with E-state index < -0.39 is 28.2 Å². The van der Waals surface area contributed by atoms with Gasteiger partial charge in [-0.25, -0.2) is 0 Å². The maximum absolute atomic E-state index is 13.0. The molecular weight excluding hydrogens is 382 g/mol. The predicted octanol–water partition coefficient (Wildman–Crippen LogP) is 2.75. The topological polar surface area (TPSA) is 113 Å². The zero-order valence-corrected chi connectivity index (χ0v) is 15.7. The van der Waals surface area contributed by atoms with Crippen molar-refractivity contribution in [1.82, 2.24) is 5.32 Å². The molecule has 9 heteroatoms. The van der Waals surface area contributed by atoms with Crippen molar-refractivity contribution in [3.63, 3.8) is 0 Å². The van der Waals surface area contributed by atoms with Crippen molar-refractivity contribution >= 4 is 46.6 Å². The first-order valence-corrected chi connectivity index (χ1v) is 8.55. The van der Waals surface area contributed by atoms with Crippen LogP contribution in [0.3, 0.4) is 0 Å². The van der Waals surface area contributed by atoms with E-state index in [1.807, 2.05) is 19.9 Å². The quantitative estimate of drug-likeness (QED) is 0.271. The number of anilines is 1. The molecule has 2 amide bonds. The number of nitrogens with one attached hydrogen (secondary N) is 1. The lowest BCUT2D eigenvalue weighted by Crippen LogP contribution is -2.54. The molecule has 0 unspecified atom stereocenters. The van der Waals surface area contributed by atoms with Gasteiger partial charge in [0.1, 0.15) is 5.57 Å². The molecule has 0 saturated carbocycles. The molecule has 0 radical (unpaired) electrons. The molecule has 1 aliphatic heterocycles. The van der Waals surface area contributed by atoms with Crippen molar-refractivity contribution < 1.29 is 19.6 Å². The van der Waals surface area contributed by atoms with E-state index in [1.165, 1.54) is 17.0 Å². The summed E-state index contributed by atoms with van der Waals surface area (Å²) in [6, 6.07) is 9.03. The summed E-state index contributed by atoms with van der Waals surface area (Å²) in [7, 11) is 0. The number of aromatic hydroxyl groups is 1. The zero-order chi connectivity index (χ0) is 20.6. The highest BCUT2D eigenvalue weighted by Gasteiger charge is 2.34. The SMILES string of the molecule is Cc1cc(C)cc(N2C(=O)/C(=C/c3ccc(O)c([N+](=O)[O-])c3)C(=O)NC2=S)c1. The smallest absolute Gasteiger partial charge is 0.311 e. The minimum atomic E-state index is -0.753. The van der Waals surface area contributed by atoms with E-state index in [0.29, 0.717) is 5.69 Å². The molecule has 0 aliphatic carbocycles. The Balaban J connectivity index is 2.06. The van der Waals surface area contributed by atoms with E-state index in [9.17, 15) is 24.8 Å².